The van der Waals surface area contributed by atoms with Gasteiger partial charge in [-0.25, -0.2) is 32.2 Å². The van der Waals surface area contributed by atoms with Crippen LogP contribution in [0.2, 0.25) is 0 Å². The van der Waals surface area contributed by atoms with E-state index in [-0.39, 0.29) is 36.1 Å². The van der Waals surface area contributed by atoms with Gasteiger partial charge in [0, 0.05) is 32.0 Å². The van der Waals surface area contributed by atoms with E-state index in [0.29, 0.717) is 18.3 Å². The molecule has 2 aromatic heterocycles. The number of aryl methyl sites for hydroxylation is 1. The van der Waals surface area contributed by atoms with Gasteiger partial charge in [0.2, 0.25) is 16.0 Å². The van der Waals surface area contributed by atoms with E-state index >= 15 is 0 Å². The lowest BCUT2D eigenvalue weighted by Gasteiger charge is -2.33. The molecular weight excluding hydrogens is 533 g/mol. The van der Waals surface area contributed by atoms with E-state index in [1.165, 1.54) is 29.8 Å². The molecule has 1 aliphatic rings. The summed E-state index contributed by atoms with van der Waals surface area (Å²) in [5.74, 6) is -0.637. The summed E-state index contributed by atoms with van der Waals surface area (Å²) in [6, 6.07) is 3.59. The first-order valence-corrected chi connectivity index (χ1v) is 13.4. The van der Waals surface area contributed by atoms with Crippen molar-refractivity contribution < 1.29 is 30.4 Å². The molecule has 4 rings (SSSR count). The zero-order valence-corrected chi connectivity index (χ0v) is 21.5. The van der Waals surface area contributed by atoms with Crippen LogP contribution in [0.5, 0.6) is 0 Å². The third-order valence-corrected chi connectivity index (χ3v) is 7.43. The molecule has 15 heteroatoms. The number of nitrogens with zero attached hydrogens (tertiary/aromatic N) is 5. The average molecular weight is 560 g/mol. The molecule has 3 aromatic rings. The first kappa shape index (κ1) is 27.9. The van der Waals surface area contributed by atoms with Crippen molar-refractivity contribution in [3.63, 3.8) is 0 Å². The van der Waals surface area contributed by atoms with E-state index in [2.05, 4.69) is 25.6 Å². The van der Waals surface area contributed by atoms with Crippen LogP contribution in [0.3, 0.4) is 0 Å². The fraction of sp³-hybridized carbons (Fsp3) is 0.435. The Morgan fingerprint density at radius 3 is 2.55 bits per heavy atom. The molecule has 1 aliphatic heterocycles. The molecular formula is C23H26F5N7O2S. The highest BCUT2D eigenvalue weighted by molar-refractivity contribution is 7.88. The molecule has 1 fully saturated rings. The molecule has 2 atom stereocenters. The quantitative estimate of drug-likeness (QED) is 0.428. The smallest absolute Gasteiger partial charge is 0.348 e. The maximum absolute atomic E-state index is 14.8. The predicted octanol–water partition coefficient (Wildman–Crippen LogP) is 3.30. The van der Waals surface area contributed by atoms with Gasteiger partial charge in [-0.2, -0.15) is 17.5 Å². The van der Waals surface area contributed by atoms with Crippen LogP contribution in [-0.4, -0.2) is 70.8 Å². The van der Waals surface area contributed by atoms with Gasteiger partial charge < -0.3 is 15.2 Å². The number of sulfonamides is 1. The van der Waals surface area contributed by atoms with Gasteiger partial charge in [-0.1, -0.05) is 6.07 Å². The summed E-state index contributed by atoms with van der Waals surface area (Å²) in [6.07, 6.45) is -3.61. The van der Waals surface area contributed by atoms with E-state index in [1.807, 2.05) is 0 Å². The summed E-state index contributed by atoms with van der Waals surface area (Å²) in [5, 5.41) is 5.59. The lowest BCUT2D eigenvalue weighted by molar-refractivity contribution is -0.137. The van der Waals surface area contributed by atoms with Crippen LogP contribution in [0.25, 0.3) is 17.1 Å². The van der Waals surface area contributed by atoms with Gasteiger partial charge in [0.25, 0.3) is 0 Å². The van der Waals surface area contributed by atoms with Crippen LogP contribution in [0.4, 0.5) is 27.9 Å². The first-order chi connectivity index (χ1) is 17.8. The first-order valence-electron chi connectivity index (χ1n) is 11.6. The van der Waals surface area contributed by atoms with Crippen molar-refractivity contribution in [1.29, 1.82) is 0 Å². The maximum atomic E-state index is 14.8. The Kier molecular flexibility index (Phi) is 7.72. The largest absolute Gasteiger partial charge is 0.420 e. The minimum absolute atomic E-state index is 0.0344. The minimum atomic E-state index is -4.82. The number of piperidine rings is 1. The summed E-state index contributed by atoms with van der Waals surface area (Å²) < 4.78 is 96.7. The van der Waals surface area contributed by atoms with Crippen molar-refractivity contribution in [1.82, 2.24) is 29.1 Å². The van der Waals surface area contributed by atoms with Crippen LogP contribution in [-0.2, 0) is 22.7 Å². The molecule has 0 amide bonds. The van der Waals surface area contributed by atoms with Gasteiger partial charge in [-0.3, -0.25) is 0 Å². The Hall–Kier alpha value is -3.17. The fourth-order valence-corrected chi connectivity index (χ4v) is 5.10. The molecule has 2 N–H and O–H groups in total. The van der Waals surface area contributed by atoms with Crippen molar-refractivity contribution in [3.8, 4) is 17.1 Å². The second-order valence-electron chi connectivity index (χ2n) is 8.99. The molecule has 3 heterocycles. The highest BCUT2D eigenvalue weighted by Crippen LogP contribution is 2.36. The van der Waals surface area contributed by atoms with Crippen molar-refractivity contribution in [2.45, 2.75) is 38.3 Å². The fourth-order valence-electron chi connectivity index (χ4n) is 4.25. The zero-order chi connectivity index (χ0) is 27.8. The van der Waals surface area contributed by atoms with Gasteiger partial charge in [0.15, 0.2) is 0 Å². The van der Waals surface area contributed by atoms with Crippen molar-refractivity contribution in [2.75, 3.05) is 31.7 Å². The second-order valence-corrected chi connectivity index (χ2v) is 11.0. The third-order valence-electron chi connectivity index (χ3n) is 6.16. The molecule has 0 radical (unpaired) electrons. The number of rotatable bonds is 7. The molecule has 1 aromatic carbocycles. The summed E-state index contributed by atoms with van der Waals surface area (Å²) in [5.41, 5.74) is -1.12. The predicted molar refractivity (Wildman–Crippen MR) is 130 cm³/mol. The zero-order valence-electron chi connectivity index (χ0n) is 20.7. The number of hydrogen-bond donors (Lipinski definition) is 2. The molecule has 38 heavy (non-hydrogen) atoms. The van der Waals surface area contributed by atoms with Gasteiger partial charge in [0.05, 0.1) is 18.0 Å². The molecule has 0 saturated carbocycles. The molecule has 0 spiro atoms. The monoisotopic (exact) mass is 559 g/mol. The van der Waals surface area contributed by atoms with Crippen LogP contribution in [0.1, 0.15) is 23.4 Å². The Morgan fingerprint density at radius 1 is 1.21 bits per heavy atom. The highest BCUT2D eigenvalue weighted by Gasteiger charge is 2.37. The number of anilines is 1. The van der Waals surface area contributed by atoms with Crippen molar-refractivity contribution in [3.05, 3.63) is 53.4 Å². The average Bonchev–Trinajstić information content (AvgIpc) is 3.20. The molecule has 1 saturated heterocycles. The summed E-state index contributed by atoms with van der Waals surface area (Å²) in [4.78, 5) is 11.9. The van der Waals surface area contributed by atoms with Crippen LogP contribution < -0.4 is 10.6 Å². The molecule has 9 nitrogen and oxygen atoms in total. The lowest BCUT2D eigenvalue weighted by atomic mass is 10.1. The Morgan fingerprint density at radius 2 is 1.95 bits per heavy atom. The number of nitrogens with one attached hydrogen (secondary N) is 2. The normalized spacial score (nSPS) is 19.1. The molecule has 0 aliphatic carbocycles. The lowest BCUT2D eigenvalue weighted by Crippen LogP contribution is -2.49. The third kappa shape index (κ3) is 5.94. The molecule has 206 valence electrons. The van der Waals surface area contributed by atoms with Crippen LogP contribution in [0, 0.1) is 12.7 Å². The standard InChI is InChI=1S/C23H26F5N7O2S/c1-13-31-19(12-35(13)20-5-4-14(9-29-2)8-16(20)24)21-15(23(26,27)28)10-30-22(33-21)32-18-6-7-34(11-17(18)25)38(3,36)37/h4-5,8,10,12,17-18,29H,6-7,9,11H2,1-3H3,(H,30,32,33)/t17-,18+/m1/s1. The van der Waals surface area contributed by atoms with Crippen molar-refractivity contribution >= 4 is 16.0 Å². The topological polar surface area (TPSA) is 105 Å². The Labute approximate surface area is 216 Å². The van der Waals surface area contributed by atoms with E-state index in [0.717, 1.165) is 10.6 Å². The highest BCUT2D eigenvalue weighted by atomic mass is 32.2. The summed E-state index contributed by atoms with van der Waals surface area (Å²) >= 11 is 0. The van der Waals surface area contributed by atoms with Crippen LogP contribution >= 0.6 is 0 Å². The SMILES string of the molecule is CNCc1ccc(-n2cc(-c3nc(N[C@H]4CCN(S(C)(=O)=O)C[C@H]4F)ncc3C(F)(F)F)nc2C)c(F)c1. The van der Waals surface area contributed by atoms with Gasteiger partial charge >= 0.3 is 6.18 Å². The molecule has 0 unspecified atom stereocenters. The Bertz CT molecular complexity index is 1430. The van der Waals surface area contributed by atoms with E-state index in [1.54, 1.807) is 13.1 Å². The number of hydrogen-bond acceptors (Lipinski definition) is 7. The van der Waals surface area contributed by atoms with E-state index in [9.17, 15) is 30.4 Å². The van der Waals surface area contributed by atoms with E-state index in [4.69, 9.17) is 0 Å². The Balaban J connectivity index is 1.67. The number of alkyl halides is 4. The number of aromatic nitrogens is 4. The van der Waals surface area contributed by atoms with Crippen LogP contribution in [0.15, 0.2) is 30.6 Å². The van der Waals surface area contributed by atoms with Crippen molar-refractivity contribution in [2.24, 2.45) is 0 Å². The second kappa shape index (κ2) is 10.5. The van der Waals surface area contributed by atoms with E-state index < -0.39 is 52.0 Å². The van der Waals surface area contributed by atoms with Gasteiger partial charge in [0.1, 0.15) is 34.8 Å². The minimum Gasteiger partial charge on any atom is -0.348 e. The molecule has 0 bridgehead atoms. The summed E-state index contributed by atoms with van der Waals surface area (Å²) in [7, 11) is -1.87. The number of imidazole rings is 1. The number of benzene rings is 1. The number of halogens is 5. The maximum Gasteiger partial charge on any atom is 0.420 e. The summed E-state index contributed by atoms with van der Waals surface area (Å²) in [6.45, 7) is 1.59. The van der Waals surface area contributed by atoms with Gasteiger partial charge in [-0.05, 0) is 38.1 Å². The van der Waals surface area contributed by atoms with Gasteiger partial charge in [-0.15, -0.1) is 0 Å².